The second-order valence-corrected chi connectivity index (χ2v) is 6.68. The van der Waals surface area contributed by atoms with Crippen molar-refractivity contribution in [1.29, 1.82) is 0 Å². The van der Waals surface area contributed by atoms with Crippen molar-refractivity contribution in [3.05, 3.63) is 64.9 Å². The van der Waals surface area contributed by atoms with Gasteiger partial charge in [0.1, 0.15) is 12.4 Å². The number of ether oxygens (including phenoxy) is 1. The molecule has 0 saturated carbocycles. The first-order valence-corrected chi connectivity index (χ1v) is 8.91. The van der Waals surface area contributed by atoms with Crippen LogP contribution in [0.4, 0.5) is 11.6 Å². The zero-order valence-corrected chi connectivity index (χ0v) is 16.0. The third-order valence-corrected chi connectivity index (χ3v) is 3.94. The van der Waals surface area contributed by atoms with E-state index in [9.17, 15) is 0 Å². The second-order valence-electron chi connectivity index (χ2n) is 6.25. The minimum absolute atomic E-state index is 0.335. The molecule has 0 atom stereocenters. The molecular weight excluding hydrogens is 364 g/mol. The molecule has 0 unspecified atom stereocenters. The lowest BCUT2D eigenvalue weighted by Gasteiger charge is -2.11. The van der Waals surface area contributed by atoms with Crippen molar-refractivity contribution >= 4 is 23.2 Å². The number of hydrogen-bond donors (Lipinski definition) is 1. The van der Waals surface area contributed by atoms with Crippen LogP contribution in [0.3, 0.4) is 0 Å². The van der Waals surface area contributed by atoms with E-state index in [0.717, 1.165) is 23.5 Å². The highest BCUT2D eigenvalue weighted by Gasteiger charge is 2.05. The summed E-state index contributed by atoms with van der Waals surface area (Å²) in [6, 6.07) is 15.1. The van der Waals surface area contributed by atoms with Gasteiger partial charge in [0.25, 0.3) is 5.95 Å². The lowest BCUT2D eigenvalue weighted by molar-refractivity contribution is 0.261. The predicted octanol–water partition coefficient (Wildman–Crippen LogP) is 3.19. The van der Waals surface area contributed by atoms with Crippen LogP contribution in [-0.2, 0) is 6.42 Å². The zero-order chi connectivity index (χ0) is 19.1. The number of benzene rings is 2. The van der Waals surface area contributed by atoms with Crippen molar-refractivity contribution in [3.8, 4) is 5.75 Å². The maximum Gasteiger partial charge on any atom is 0.266 e. The molecule has 3 aromatic rings. The summed E-state index contributed by atoms with van der Waals surface area (Å²) >= 11 is 5.87. The molecule has 7 nitrogen and oxygen atoms in total. The fraction of sp³-hybridized carbons (Fsp3) is 0.263. The van der Waals surface area contributed by atoms with E-state index in [1.165, 1.54) is 0 Å². The number of aromatic nitrogens is 4. The van der Waals surface area contributed by atoms with Crippen LogP contribution in [0, 0.1) is 0 Å². The average molecular weight is 385 g/mol. The van der Waals surface area contributed by atoms with Gasteiger partial charge in [-0.15, -0.1) is 20.4 Å². The van der Waals surface area contributed by atoms with Crippen molar-refractivity contribution in [1.82, 2.24) is 25.3 Å². The maximum absolute atomic E-state index is 5.87. The van der Waals surface area contributed by atoms with Crippen LogP contribution in [0.15, 0.2) is 48.5 Å². The Labute approximate surface area is 163 Å². The van der Waals surface area contributed by atoms with E-state index in [-0.39, 0.29) is 0 Å². The van der Waals surface area contributed by atoms with Crippen LogP contribution in [0.25, 0.3) is 0 Å². The summed E-state index contributed by atoms with van der Waals surface area (Å²) in [5.74, 6) is 1.71. The van der Waals surface area contributed by atoms with Crippen molar-refractivity contribution in [2.24, 2.45) is 0 Å². The third kappa shape index (κ3) is 6.16. The number of likely N-dealkylation sites (N-methyl/N-ethyl adjacent to an activating group) is 1. The van der Waals surface area contributed by atoms with Crippen LogP contribution in [-0.4, -0.2) is 52.5 Å². The van der Waals surface area contributed by atoms with Crippen molar-refractivity contribution in [3.63, 3.8) is 0 Å². The van der Waals surface area contributed by atoms with Gasteiger partial charge < -0.3 is 15.0 Å². The summed E-state index contributed by atoms with van der Waals surface area (Å²) in [5, 5.41) is 20.1. The van der Waals surface area contributed by atoms with E-state index < -0.39 is 0 Å². The molecule has 0 aliphatic rings. The number of halogens is 1. The maximum atomic E-state index is 5.87. The summed E-state index contributed by atoms with van der Waals surface area (Å²) < 4.78 is 5.76. The van der Waals surface area contributed by atoms with Gasteiger partial charge in [0, 0.05) is 23.7 Å². The molecule has 1 N–H and O–H groups in total. The van der Waals surface area contributed by atoms with Gasteiger partial charge in [0.15, 0.2) is 5.82 Å². The van der Waals surface area contributed by atoms with E-state index >= 15 is 0 Å². The summed E-state index contributed by atoms with van der Waals surface area (Å²) in [6.45, 7) is 1.50. The highest BCUT2D eigenvalue weighted by molar-refractivity contribution is 6.30. The topological polar surface area (TPSA) is 76.1 Å². The molecule has 0 aliphatic heterocycles. The van der Waals surface area contributed by atoms with Crippen LogP contribution in [0.5, 0.6) is 5.75 Å². The lowest BCUT2D eigenvalue weighted by Crippen LogP contribution is -2.19. The van der Waals surface area contributed by atoms with Crippen LogP contribution in [0.1, 0.15) is 11.4 Å². The highest BCUT2D eigenvalue weighted by atomic mass is 35.5. The molecule has 1 heterocycles. The van der Waals surface area contributed by atoms with Crippen molar-refractivity contribution < 1.29 is 4.74 Å². The highest BCUT2D eigenvalue weighted by Crippen LogP contribution is 2.17. The number of rotatable bonds is 8. The van der Waals surface area contributed by atoms with Gasteiger partial charge in [-0.05, 0) is 56.1 Å². The number of nitrogens with zero attached hydrogens (tertiary/aromatic N) is 5. The molecule has 27 heavy (non-hydrogen) atoms. The molecule has 0 saturated heterocycles. The SMILES string of the molecule is CN(C)CCOc1cccc(Cc2nnc(Nc3ccc(Cl)cc3)nn2)c1. The molecule has 0 amide bonds. The fourth-order valence-electron chi connectivity index (χ4n) is 2.31. The van der Waals surface area contributed by atoms with Gasteiger partial charge in [-0.2, -0.15) is 0 Å². The molecule has 3 rings (SSSR count). The van der Waals surface area contributed by atoms with Crippen LogP contribution < -0.4 is 10.1 Å². The van der Waals surface area contributed by atoms with Gasteiger partial charge in [-0.25, -0.2) is 0 Å². The van der Waals surface area contributed by atoms with E-state index in [1.807, 2.05) is 50.5 Å². The van der Waals surface area contributed by atoms with E-state index in [4.69, 9.17) is 16.3 Å². The van der Waals surface area contributed by atoms with Gasteiger partial charge >= 0.3 is 0 Å². The van der Waals surface area contributed by atoms with E-state index in [1.54, 1.807) is 12.1 Å². The smallest absolute Gasteiger partial charge is 0.266 e. The third-order valence-electron chi connectivity index (χ3n) is 3.69. The zero-order valence-electron chi connectivity index (χ0n) is 15.3. The monoisotopic (exact) mass is 384 g/mol. The van der Waals surface area contributed by atoms with E-state index in [2.05, 4.69) is 30.6 Å². The van der Waals surface area contributed by atoms with Crippen LogP contribution in [0.2, 0.25) is 5.02 Å². The quantitative estimate of drug-likeness (QED) is 0.639. The first-order chi connectivity index (χ1) is 13.1. The first-order valence-electron chi connectivity index (χ1n) is 8.54. The molecule has 0 radical (unpaired) electrons. The molecular formula is C19H21ClN6O. The molecule has 1 aromatic heterocycles. The Balaban J connectivity index is 1.58. The molecule has 0 fully saturated rings. The first kappa shape index (κ1) is 19.0. The second kappa shape index (κ2) is 9.25. The van der Waals surface area contributed by atoms with Gasteiger partial charge in [-0.1, -0.05) is 23.7 Å². The molecule has 0 aliphatic carbocycles. The molecule has 0 bridgehead atoms. The number of anilines is 2. The van der Waals surface area contributed by atoms with Gasteiger partial charge in [0.05, 0.1) is 0 Å². The summed E-state index contributed by atoms with van der Waals surface area (Å²) in [7, 11) is 4.03. The van der Waals surface area contributed by atoms with Crippen molar-refractivity contribution in [2.45, 2.75) is 6.42 Å². The molecule has 140 valence electrons. The Bertz CT molecular complexity index is 855. The van der Waals surface area contributed by atoms with E-state index in [0.29, 0.717) is 29.8 Å². The Hall–Kier alpha value is -2.77. The minimum Gasteiger partial charge on any atom is -0.492 e. The minimum atomic E-state index is 0.335. The normalized spacial score (nSPS) is 10.8. The largest absolute Gasteiger partial charge is 0.492 e. The summed E-state index contributed by atoms with van der Waals surface area (Å²) in [4.78, 5) is 2.08. The lowest BCUT2D eigenvalue weighted by atomic mass is 10.1. The Kier molecular flexibility index (Phi) is 6.51. The molecule has 2 aromatic carbocycles. The Morgan fingerprint density at radius 3 is 2.44 bits per heavy atom. The average Bonchev–Trinajstić information content (AvgIpc) is 2.65. The molecule has 0 spiro atoms. The van der Waals surface area contributed by atoms with Crippen molar-refractivity contribution in [2.75, 3.05) is 32.6 Å². The summed E-state index contributed by atoms with van der Waals surface area (Å²) in [5.41, 5.74) is 1.86. The number of hydrogen-bond acceptors (Lipinski definition) is 7. The predicted molar refractivity (Wildman–Crippen MR) is 106 cm³/mol. The van der Waals surface area contributed by atoms with Gasteiger partial charge in [-0.3, -0.25) is 0 Å². The van der Waals surface area contributed by atoms with Crippen LogP contribution >= 0.6 is 11.6 Å². The molecule has 8 heteroatoms. The summed E-state index contributed by atoms with van der Waals surface area (Å²) in [6.07, 6.45) is 0.534. The standard InChI is InChI=1S/C19H21ClN6O/c1-26(2)10-11-27-17-5-3-4-14(12-17)13-18-22-24-19(25-23-18)21-16-8-6-15(20)7-9-16/h3-9,12H,10-11,13H2,1-2H3,(H,21,24,25). The Morgan fingerprint density at radius 2 is 1.74 bits per heavy atom. The Morgan fingerprint density at radius 1 is 1.00 bits per heavy atom. The number of nitrogens with one attached hydrogen (secondary N) is 1. The van der Waals surface area contributed by atoms with Gasteiger partial charge in [0.2, 0.25) is 0 Å². The fourth-order valence-corrected chi connectivity index (χ4v) is 2.43.